The molecule has 6 nitrogen and oxygen atoms in total. The summed E-state index contributed by atoms with van der Waals surface area (Å²) >= 11 is 0. The minimum Gasteiger partial charge on any atom is -0.508 e. The molecule has 0 spiro atoms. The molecule has 0 radical (unpaired) electrons. The second kappa shape index (κ2) is 6.20. The van der Waals surface area contributed by atoms with Crippen LogP contribution in [-0.4, -0.2) is 41.8 Å². The van der Waals surface area contributed by atoms with Crippen LogP contribution in [0.3, 0.4) is 0 Å². The van der Waals surface area contributed by atoms with Crippen LogP contribution in [0.5, 0.6) is 5.75 Å². The fraction of sp³-hybridized carbons (Fsp3) is 0.529. The van der Waals surface area contributed by atoms with E-state index < -0.39 is 12.0 Å². The molecule has 3 aliphatic rings. The predicted octanol–water partition coefficient (Wildman–Crippen LogP) is 1.16. The summed E-state index contributed by atoms with van der Waals surface area (Å²) in [5.41, 5.74) is 0.539. The van der Waals surface area contributed by atoms with Gasteiger partial charge in [-0.25, -0.2) is 4.79 Å². The lowest BCUT2D eigenvalue weighted by molar-refractivity contribution is -0.157. The van der Waals surface area contributed by atoms with Gasteiger partial charge < -0.3 is 19.9 Å². The lowest BCUT2D eigenvalue weighted by atomic mass is 9.75. The molecule has 0 aromatic heterocycles. The van der Waals surface area contributed by atoms with E-state index in [-0.39, 0.29) is 23.9 Å². The minimum absolute atomic E-state index is 0.157. The molecule has 2 heterocycles. The lowest BCUT2D eigenvalue weighted by Crippen LogP contribution is -2.46. The van der Waals surface area contributed by atoms with Gasteiger partial charge in [0.05, 0.1) is 6.61 Å². The number of amides is 1. The van der Waals surface area contributed by atoms with Gasteiger partial charge in [0.2, 0.25) is 5.91 Å². The lowest BCUT2D eigenvalue weighted by Gasteiger charge is -2.35. The number of aromatic hydroxyl groups is 1. The van der Waals surface area contributed by atoms with E-state index in [1.807, 2.05) is 0 Å². The summed E-state index contributed by atoms with van der Waals surface area (Å²) in [5, 5.41) is 11.9. The molecule has 23 heavy (non-hydrogen) atoms. The first-order chi connectivity index (χ1) is 11.0. The molecule has 1 amide bonds. The molecule has 2 saturated heterocycles. The van der Waals surface area contributed by atoms with Crippen LogP contribution < -0.4 is 5.32 Å². The molecule has 1 aromatic carbocycles. The van der Waals surface area contributed by atoms with Crippen molar-refractivity contribution in [1.29, 1.82) is 0 Å². The third kappa shape index (κ3) is 3.64. The number of rotatable bonds is 6. The zero-order valence-electron chi connectivity index (χ0n) is 13.1. The fourth-order valence-electron chi connectivity index (χ4n) is 3.29. The van der Waals surface area contributed by atoms with Gasteiger partial charge in [0.25, 0.3) is 0 Å². The summed E-state index contributed by atoms with van der Waals surface area (Å²) in [6.07, 6.45) is 2.21. The standard InChI is InChI=1S/C17H21NO5/c1-11(19)18-15(6-12-2-4-14(20)5-3-12)16(21)22-10-17-7-13(8-17)9-23-17/h2-5,13,15,20H,6-10H2,1H3,(H,18,19)/t13?,15-,17?/m0/s1. The first-order valence-corrected chi connectivity index (χ1v) is 7.81. The van der Waals surface area contributed by atoms with Crippen molar-refractivity contribution in [3.8, 4) is 5.75 Å². The summed E-state index contributed by atoms with van der Waals surface area (Å²) in [6, 6.07) is 5.78. The first-order valence-electron chi connectivity index (χ1n) is 7.81. The topological polar surface area (TPSA) is 84.9 Å². The van der Waals surface area contributed by atoms with E-state index in [1.165, 1.54) is 6.92 Å². The molecule has 1 aromatic rings. The van der Waals surface area contributed by atoms with E-state index in [0.29, 0.717) is 12.3 Å². The van der Waals surface area contributed by atoms with E-state index in [9.17, 15) is 14.7 Å². The van der Waals surface area contributed by atoms with Crippen molar-refractivity contribution in [2.75, 3.05) is 13.2 Å². The number of carbonyl (C=O) groups is 2. The summed E-state index contributed by atoms with van der Waals surface area (Å²) in [5.74, 6) is 0.0209. The van der Waals surface area contributed by atoms with Gasteiger partial charge >= 0.3 is 5.97 Å². The quantitative estimate of drug-likeness (QED) is 0.769. The summed E-state index contributed by atoms with van der Waals surface area (Å²) in [6.45, 7) is 2.36. The maximum Gasteiger partial charge on any atom is 0.329 e. The maximum atomic E-state index is 12.3. The number of nitrogens with one attached hydrogen (secondary N) is 1. The largest absolute Gasteiger partial charge is 0.508 e. The molecule has 0 unspecified atom stereocenters. The van der Waals surface area contributed by atoms with Gasteiger partial charge in [0.1, 0.15) is 24.0 Å². The second-order valence-electron chi connectivity index (χ2n) is 6.50. The van der Waals surface area contributed by atoms with Crippen LogP contribution in [0, 0.1) is 5.92 Å². The average Bonchev–Trinajstić information content (AvgIpc) is 3.06. The highest BCUT2D eigenvalue weighted by molar-refractivity contribution is 5.83. The second-order valence-corrected chi connectivity index (χ2v) is 6.50. The molecule has 2 bridgehead atoms. The fourth-order valence-corrected chi connectivity index (χ4v) is 3.29. The van der Waals surface area contributed by atoms with Gasteiger partial charge in [-0.3, -0.25) is 4.79 Å². The normalized spacial score (nSPS) is 26.2. The van der Waals surface area contributed by atoms with E-state index in [1.54, 1.807) is 24.3 Å². The van der Waals surface area contributed by atoms with Crippen molar-refractivity contribution in [3.05, 3.63) is 29.8 Å². The van der Waals surface area contributed by atoms with Crippen molar-refractivity contribution >= 4 is 11.9 Å². The molecule has 3 fully saturated rings. The van der Waals surface area contributed by atoms with Crippen LogP contribution in [0.15, 0.2) is 24.3 Å². The average molecular weight is 319 g/mol. The van der Waals surface area contributed by atoms with Crippen LogP contribution in [0.2, 0.25) is 0 Å². The number of fused-ring (bicyclic) bond motifs is 1. The van der Waals surface area contributed by atoms with Crippen molar-refractivity contribution < 1.29 is 24.2 Å². The molecular weight excluding hydrogens is 298 g/mol. The van der Waals surface area contributed by atoms with Crippen LogP contribution in [0.4, 0.5) is 0 Å². The number of esters is 1. The Morgan fingerprint density at radius 1 is 1.39 bits per heavy atom. The number of ether oxygens (including phenoxy) is 2. The highest BCUT2D eigenvalue weighted by atomic mass is 16.6. The Hall–Kier alpha value is -2.08. The third-order valence-corrected chi connectivity index (χ3v) is 4.46. The SMILES string of the molecule is CC(=O)N[C@@H](Cc1ccc(O)cc1)C(=O)OCC12CC(CO1)C2. The Balaban J connectivity index is 1.59. The van der Waals surface area contributed by atoms with Gasteiger partial charge in [-0.15, -0.1) is 0 Å². The molecule has 2 aliphatic heterocycles. The molecule has 124 valence electrons. The van der Waals surface area contributed by atoms with Crippen molar-refractivity contribution in [3.63, 3.8) is 0 Å². The van der Waals surface area contributed by atoms with Crippen molar-refractivity contribution in [2.24, 2.45) is 5.92 Å². The first kappa shape index (κ1) is 15.8. The van der Waals surface area contributed by atoms with E-state index in [4.69, 9.17) is 9.47 Å². The Labute approximate surface area is 134 Å². The van der Waals surface area contributed by atoms with Crippen LogP contribution in [-0.2, 0) is 25.5 Å². The molecule has 2 N–H and O–H groups in total. The summed E-state index contributed by atoms with van der Waals surface area (Å²) in [7, 11) is 0. The zero-order chi connectivity index (χ0) is 16.4. The number of hydrogen-bond acceptors (Lipinski definition) is 5. The van der Waals surface area contributed by atoms with Gasteiger partial charge in [0.15, 0.2) is 0 Å². The third-order valence-electron chi connectivity index (χ3n) is 4.46. The molecule has 1 aliphatic carbocycles. The molecule has 1 saturated carbocycles. The smallest absolute Gasteiger partial charge is 0.329 e. The molecule has 1 atom stereocenters. The number of benzene rings is 1. The van der Waals surface area contributed by atoms with Gasteiger partial charge in [0, 0.05) is 13.3 Å². The van der Waals surface area contributed by atoms with Crippen molar-refractivity contribution in [1.82, 2.24) is 5.32 Å². The predicted molar refractivity (Wildman–Crippen MR) is 81.8 cm³/mol. The van der Waals surface area contributed by atoms with Crippen molar-refractivity contribution in [2.45, 2.75) is 37.8 Å². The number of phenolic OH excluding ortho intramolecular Hbond substituents is 1. The molecular formula is C17H21NO5. The van der Waals surface area contributed by atoms with Crippen LogP contribution in [0.1, 0.15) is 25.3 Å². The Morgan fingerprint density at radius 3 is 2.65 bits per heavy atom. The number of hydrogen-bond donors (Lipinski definition) is 2. The minimum atomic E-state index is -0.745. The Kier molecular flexibility index (Phi) is 4.26. The summed E-state index contributed by atoms with van der Waals surface area (Å²) in [4.78, 5) is 23.7. The van der Waals surface area contributed by atoms with Crippen LogP contribution >= 0.6 is 0 Å². The monoisotopic (exact) mass is 319 g/mol. The molecule has 4 rings (SSSR count). The Morgan fingerprint density at radius 2 is 2.09 bits per heavy atom. The highest BCUT2D eigenvalue weighted by Crippen LogP contribution is 2.48. The van der Waals surface area contributed by atoms with Crippen LogP contribution in [0.25, 0.3) is 0 Å². The van der Waals surface area contributed by atoms with E-state index in [0.717, 1.165) is 25.0 Å². The maximum absolute atomic E-state index is 12.3. The van der Waals surface area contributed by atoms with E-state index in [2.05, 4.69) is 5.32 Å². The highest BCUT2D eigenvalue weighted by Gasteiger charge is 2.53. The van der Waals surface area contributed by atoms with Gasteiger partial charge in [-0.2, -0.15) is 0 Å². The Bertz CT molecular complexity index is 586. The molecule has 6 heteroatoms. The summed E-state index contributed by atoms with van der Waals surface area (Å²) < 4.78 is 11.1. The van der Waals surface area contributed by atoms with E-state index >= 15 is 0 Å². The van der Waals surface area contributed by atoms with Gasteiger partial charge in [-0.1, -0.05) is 12.1 Å². The number of phenols is 1. The zero-order valence-corrected chi connectivity index (χ0v) is 13.1. The van der Waals surface area contributed by atoms with Gasteiger partial charge in [-0.05, 0) is 36.5 Å². The number of carbonyl (C=O) groups excluding carboxylic acids is 2.